The van der Waals surface area contributed by atoms with Crippen LogP contribution in [0.25, 0.3) is 0 Å². The van der Waals surface area contributed by atoms with E-state index in [1.165, 1.54) is 0 Å². The Hall–Kier alpha value is -2.00. The molecule has 0 radical (unpaired) electrons. The molecule has 8 nitrogen and oxygen atoms in total. The van der Waals surface area contributed by atoms with Crippen LogP contribution in [0.4, 0.5) is 0 Å². The molecule has 26 heavy (non-hydrogen) atoms. The van der Waals surface area contributed by atoms with Crippen molar-refractivity contribution in [3.63, 3.8) is 0 Å². The van der Waals surface area contributed by atoms with Crippen molar-refractivity contribution < 1.29 is 34.8 Å². The molecule has 1 aromatic rings. The molecular weight excluding hydrogens is 366 g/mol. The zero-order chi connectivity index (χ0) is 20.7. The highest BCUT2D eigenvalue weighted by Crippen LogP contribution is 2.13. The van der Waals surface area contributed by atoms with E-state index in [1.807, 2.05) is 27.7 Å². The minimum Gasteiger partial charge on any atom is -0.479 e. The lowest BCUT2D eigenvalue weighted by Crippen LogP contribution is -2.46. The fourth-order valence-electron chi connectivity index (χ4n) is 1.88. The van der Waals surface area contributed by atoms with Gasteiger partial charge in [0.25, 0.3) is 0 Å². The molecule has 0 aliphatic rings. The number of ketones is 1. The SMILES string of the molecule is CC(NC(C)(C)C)C(=O)c1cccc(Cl)c1.O=C(O)C(O)C(O)C(=O)O. The number of nitrogens with one attached hydrogen (secondary N) is 1. The van der Waals surface area contributed by atoms with Crippen LogP contribution >= 0.6 is 11.6 Å². The van der Waals surface area contributed by atoms with Crippen LogP contribution in [0.1, 0.15) is 38.1 Å². The second kappa shape index (κ2) is 10.2. The van der Waals surface area contributed by atoms with Gasteiger partial charge < -0.3 is 25.7 Å². The lowest BCUT2D eigenvalue weighted by atomic mass is 10.0. The first-order valence-corrected chi connectivity index (χ1v) is 8.03. The number of Topliss-reactive ketones (excluding diaryl/α,β-unsaturated/α-hetero) is 1. The number of aliphatic hydroxyl groups excluding tert-OH is 2. The highest BCUT2D eigenvalue weighted by molar-refractivity contribution is 6.31. The van der Waals surface area contributed by atoms with Gasteiger partial charge in [-0.1, -0.05) is 23.7 Å². The molecule has 0 bridgehead atoms. The van der Waals surface area contributed by atoms with Crippen LogP contribution in [-0.2, 0) is 9.59 Å². The summed E-state index contributed by atoms with van der Waals surface area (Å²) in [6.07, 6.45) is -4.53. The molecule has 3 atom stereocenters. The highest BCUT2D eigenvalue weighted by Gasteiger charge is 2.29. The molecule has 0 saturated carbocycles. The van der Waals surface area contributed by atoms with E-state index in [2.05, 4.69) is 5.32 Å². The summed E-state index contributed by atoms with van der Waals surface area (Å²) in [4.78, 5) is 31.6. The molecule has 0 spiro atoms. The molecule has 0 aliphatic carbocycles. The van der Waals surface area contributed by atoms with Crippen LogP contribution in [0.5, 0.6) is 0 Å². The maximum Gasteiger partial charge on any atom is 0.335 e. The van der Waals surface area contributed by atoms with E-state index in [0.29, 0.717) is 10.6 Å². The Kier molecular flexibility index (Phi) is 9.44. The topological polar surface area (TPSA) is 144 Å². The molecule has 0 aromatic heterocycles. The lowest BCUT2D eigenvalue weighted by molar-refractivity contribution is -0.165. The van der Waals surface area contributed by atoms with Gasteiger partial charge in [-0.2, -0.15) is 0 Å². The van der Waals surface area contributed by atoms with Gasteiger partial charge in [0, 0.05) is 16.1 Å². The molecule has 0 heterocycles. The standard InChI is InChI=1S/C13H18ClNO.C4H6O6/c1-9(15-13(2,3)4)12(16)10-6-5-7-11(14)8-10;5-1(3(7)8)2(6)4(9)10/h5-9,15H,1-4H3;1-2,5-6H,(H,7,8)(H,9,10). The molecule has 1 aromatic carbocycles. The van der Waals surface area contributed by atoms with E-state index in [4.69, 9.17) is 32.0 Å². The first-order valence-electron chi connectivity index (χ1n) is 7.65. The van der Waals surface area contributed by atoms with E-state index in [1.54, 1.807) is 24.3 Å². The number of carboxylic acids is 2. The van der Waals surface area contributed by atoms with Gasteiger partial charge in [-0.25, -0.2) is 9.59 Å². The smallest absolute Gasteiger partial charge is 0.335 e. The van der Waals surface area contributed by atoms with Crippen molar-refractivity contribution in [3.8, 4) is 0 Å². The minimum absolute atomic E-state index is 0.0671. The van der Waals surface area contributed by atoms with Gasteiger partial charge in [0.2, 0.25) is 0 Å². The molecule has 0 amide bonds. The summed E-state index contributed by atoms with van der Waals surface area (Å²) in [6.45, 7) is 7.98. The number of rotatable bonds is 6. The number of carbonyl (C=O) groups excluding carboxylic acids is 1. The Labute approximate surface area is 156 Å². The van der Waals surface area contributed by atoms with Gasteiger partial charge in [0.1, 0.15) is 0 Å². The zero-order valence-electron chi connectivity index (χ0n) is 14.9. The number of carboxylic acid groups (broad SMARTS) is 2. The van der Waals surface area contributed by atoms with Crippen molar-refractivity contribution >= 4 is 29.3 Å². The normalized spacial score (nSPS) is 14.4. The lowest BCUT2D eigenvalue weighted by Gasteiger charge is -2.25. The summed E-state index contributed by atoms with van der Waals surface area (Å²) < 4.78 is 0. The molecule has 0 fully saturated rings. The maximum atomic E-state index is 12.1. The van der Waals surface area contributed by atoms with E-state index in [-0.39, 0.29) is 17.4 Å². The third-order valence-electron chi connectivity index (χ3n) is 2.96. The van der Waals surface area contributed by atoms with Crippen molar-refractivity contribution in [3.05, 3.63) is 34.9 Å². The van der Waals surface area contributed by atoms with E-state index in [9.17, 15) is 14.4 Å². The molecule has 9 heteroatoms. The number of benzene rings is 1. The Morgan fingerprint density at radius 1 is 1.04 bits per heavy atom. The number of hydrogen-bond donors (Lipinski definition) is 5. The first kappa shape index (κ1) is 24.0. The number of aliphatic hydroxyl groups is 2. The van der Waals surface area contributed by atoms with Crippen LogP contribution in [0.2, 0.25) is 5.02 Å². The van der Waals surface area contributed by atoms with E-state index >= 15 is 0 Å². The minimum atomic E-state index is -2.27. The summed E-state index contributed by atoms with van der Waals surface area (Å²) >= 11 is 5.85. The quantitative estimate of drug-likeness (QED) is 0.456. The molecule has 0 aliphatic heterocycles. The highest BCUT2D eigenvalue weighted by atomic mass is 35.5. The number of hydrogen-bond acceptors (Lipinski definition) is 6. The van der Waals surface area contributed by atoms with Gasteiger partial charge in [-0.3, -0.25) is 4.79 Å². The van der Waals surface area contributed by atoms with E-state index in [0.717, 1.165) is 0 Å². The molecule has 5 N–H and O–H groups in total. The zero-order valence-corrected chi connectivity index (χ0v) is 15.7. The average molecular weight is 390 g/mol. The van der Waals surface area contributed by atoms with Gasteiger partial charge in [-0.05, 0) is 39.8 Å². The summed E-state index contributed by atoms with van der Waals surface area (Å²) in [5.41, 5.74) is 0.574. The van der Waals surface area contributed by atoms with Crippen LogP contribution in [0.15, 0.2) is 24.3 Å². The second-order valence-electron chi connectivity index (χ2n) is 6.56. The number of halogens is 1. The van der Waals surface area contributed by atoms with Crippen LogP contribution in [0, 0.1) is 0 Å². The molecule has 146 valence electrons. The van der Waals surface area contributed by atoms with Crippen molar-refractivity contribution in [2.75, 3.05) is 0 Å². The number of carbonyl (C=O) groups is 3. The van der Waals surface area contributed by atoms with Crippen molar-refractivity contribution in [1.29, 1.82) is 0 Å². The summed E-state index contributed by atoms with van der Waals surface area (Å²) in [5, 5.41) is 36.4. The molecule has 1 rings (SSSR count). The Morgan fingerprint density at radius 2 is 1.50 bits per heavy atom. The fourth-order valence-corrected chi connectivity index (χ4v) is 2.07. The van der Waals surface area contributed by atoms with Crippen molar-refractivity contribution in [1.82, 2.24) is 5.32 Å². The molecule has 3 unspecified atom stereocenters. The first-order chi connectivity index (χ1) is 11.8. The molecule has 0 saturated heterocycles. The third-order valence-corrected chi connectivity index (χ3v) is 3.19. The summed E-state index contributed by atoms with van der Waals surface area (Å²) in [5.74, 6) is -3.47. The Balaban J connectivity index is 0.000000541. The Morgan fingerprint density at radius 3 is 1.85 bits per heavy atom. The summed E-state index contributed by atoms with van der Waals surface area (Å²) in [6, 6.07) is 6.83. The van der Waals surface area contributed by atoms with Crippen LogP contribution < -0.4 is 5.32 Å². The van der Waals surface area contributed by atoms with Crippen molar-refractivity contribution in [2.45, 2.75) is 51.5 Å². The third kappa shape index (κ3) is 8.91. The van der Waals surface area contributed by atoms with Gasteiger partial charge >= 0.3 is 11.9 Å². The average Bonchev–Trinajstić information content (AvgIpc) is 2.51. The monoisotopic (exact) mass is 389 g/mol. The predicted molar refractivity (Wildman–Crippen MR) is 95.4 cm³/mol. The van der Waals surface area contributed by atoms with Gasteiger partial charge in [-0.15, -0.1) is 0 Å². The number of aliphatic carboxylic acids is 2. The predicted octanol–water partition coefficient (Wildman–Crippen LogP) is 1.18. The summed E-state index contributed by atoms with van der Waals surface area (Å²) in [7, 11) is 0. The van der Waals surface area contributed by atoms with Crippen molar-refractivity contribution in [2.24, 2.45) is 0 Å². The van der Waals surface area contributed by atoms with Gasteiger partial charge in [0.05, 0.1) is 6.04 Å². The van der Waals surface area contributed by atoms with Crippen LogP contribution in [0.3, 0.4) is 0 Å². The second-order valence-corrected chi connectivity index (χ2v) is 6.99. The van der Waals surface area contributed by atoms with Crippen LogP contribution in [-0.4, -0.2) is 61.9 Å². The molecular formula is C17H24ClNO7. The fraction of sp³-hybridized carbons (Fsp3) is 0.471. The van der Waals surface area contributed by atoms with E-state index < -0.39 is 24.1 Å². The van der Waals surface area contributed by atoms with Gasteiger partial charge in [0.15, 0.2) is 18.0 Å². The largest absolute Gasteiger partial charge is 0.479 e. The Bertz CT molecular complexity index is 624. The maximum absolute atomic E-state index is 12.1.